The minimum atomic E-state index is -0.354. The molecule has 0 fully saturated rings. The maximum Gasteiger partial charge on any atom is 0.240 e. The molecule has 0 bridgehead atoms. The van der Waals surface area contributed by atoms with Crippen LogP contribution >= 0.6 is 22.6 Å². The van der Waals surface area contributed by atoms with Crippen molar-refractivity contribution in [3.05, 3.63) is 45.5 Å². The SMILES string of the molecule is CCCOc1c(I)cc(C=NNC(=O)CCC(=O)Nc2ccc(OCC)cc2)cc1OC. The van der Waals surface area contributed by atoms with Crippen molar-refractivity contribution >= 4 is 46.3 Å². The van der Waals surface area contributed by atoms with Crippen molar-refractivity contribution in [1.29, 1.82) is 0 Å². The molecular weight excluding hydrogens is 525 g/mol. The Bertz CT molecular complexity index is 932. The monoisotopic (exact) mass is 553 g/mol. The predicted molar refractivity (Wildman–Crippen MR) is 133 cm³/mol. The zero-order valence-electron chi connectivity index (χ0n) is 18.4. The molecule has 2 amide bonds. The molecule has 0 spiro atoms. The normalized spacial score (nSPS) is 10.6. The summed E-state index contributed by atoms with van der Waals surface area (Å²) < 4.78 is 17.4. The van der Waals surface area contributed by atoms with Gasteiger partial charge in [-0.25, -0.2) is 5.43 Å². The van der Waals surface area contributed by atoms with E-state index in [1.54, 1.807) is 37.4 Å². The molecule has 172 valence electrons. The first kappa shape index (κ1) is 25.4. The van der Waals surface area contributed by atoms with Gasteiger partial charge in [-0.1, -0.05) is 6.92 Å². The minimum absolute atomic E-state index is 0.0187. The van der Waals surface area contributed by atoms with Gasteiger partial charge < -0.3 is 19.5 Å². The van der Waals surface area contributed by atoms with E-state index in [9.17, 15) is 9.59 Å². The van der Waals surface area contributed by atoms with Gasteiger partial charge in [-0.05, 0) is 77.9 Å². The first-order valence-electron chi connectivity index (χ1n) is 10.3. The van der Waals surface area contributed by atoms with Gasteiger partial charge in [0, 0.05) is 18.5 Å². The third kappa shape index (κ3) is 8.37. The van der Waals surface area contributed by atoms with Gasteiger partial charge in [0.25, 0.3) is 0 Å². The van der Waals surface area contributed by atoms with Crippen LogP contribution in [0.2, 0.25) is 0 Å². The first-order valence-corrected chi connectivity index (χ1v) is 11.4. The molecule has 2 aromatic rings. The summed E-state index contributed by atoms with van der Waals surface area (Å²) in [5.74, 6) is 1.42. The highest BCUT2D eigenvalue weighted by Gasteiger charge is 2.11. The van der Waals surface area contributed by atoms with E-state index in [2.05, 4.69) is 38.4 Å². The van der Waals surface area contributed by atoms with Crippen LogP contribution in [0.3, 0.4) is 0 Å². The van der Waals surface area contributed by atoms with Gasteiger partial charge in [0.15, 0.2) is 11.5 Å². The number of hydrogen-bond acceptors (Lipinski definition) is 6. The lowest BCUT2D eigenvalue weighted by molar-refractivity contribution is -0.124. The summed E-state index contributed by atoms with van der Waals surface area (Å²) in [6.07, 6.45) is 2.48. The average Bonchev–Trinajstić information content (AvgIpc) is 2.78. The summed E-state index contributed by atoms with van der Waals surface area (Å²) in [6, 6.07) is 10.7. The van der Waals surface area contributed by atoms with E-state index in [0.29, 0.717) is 30.4 Å². The standard InChI is InChI=1S/C23H28IN3O5/c1-4-12-32-23-19(24)13-16(14-20(23)30-3)15-25-27-22(29)11-10-21(28)26-17-6-8-18(9-7-17)31-5-2/h6-9,13-15H,4-5,10-12H2,1-3H3,(H,26,28)(H,27,29). The second kappa shape index (κ2) is 13.6. The van der Waals surface area contributed by atoms with Crippen LogP contribution in [0.15, 0.2) is 41.5 Å². The summed E-state index contributed by atoms with van der Waals surface area (Å²) in [5.41, 5.74) is 3.84. The number of nitrogens with zero attached hydrogens (tertiary/aromatic N) is 1. The zero-order chi connectivity index (χ0) is 23.3. The van der Waals surface area contributed by atoms with Crippen LogP contribution in [0.25, 0.3) is 0 Å². The van der Waals surface area contributed by atoms with Crippen LogP contribution in [0.1, 0.15) is 38.7 Å². The van der Waals surface area contributed by atoms with Crippen molar-refractivity contribution in [2.75, 3.05) is 25.6 Å². The number of ether oxygens (including phenoxy) is 3. The molecule has 2 aromatic carbocycles. The highest BCUT2D eigenvalue weighted by molar-refractivity contribution is 14.1. The van der Waals surface area contributed by atoms with Crippen LogP contribution in [-0.4, -0.2) is 38.4 Å². The summed E-state index contributed by atoms with van der Waals surface area (Å²) in [6.45, 7) is 5.12. The molecule has 32 heavy (non-hydrogen) atoms. The number of benzene rings is 2. The molecule has 8 nitrogen and oxygen atoms in total. The Morgan fingerprint density at radius 2 is 1.78 bits per heavy atom. The lowest BCUT2D eigenvalue weighted by Crippen LogP contribution is -2.20. The lowest BCUT2D eigenvalue weighted by Gasteiger charge is -2.12. The molecule has 0 saturated heterocycles. The summed E-state index contributed by atoms with van der Waals surface area (Å²) in [4.78, 5) is 24.1. The Morgan fingerprint density at radius 3 is 2.44 bits per heavy atom. The predicted octanol–water partition coefficient (Wildman–Crippen LogP) is 4.36. The highest BCUT2D eigenvalue weighted by atomic mass is 127. The van der Waals surface area contributed by atoms with Crippen molar-refractivity contribution in [1.82, 2.24) is 5.43 Å². The molecule has 0 aliphatic rings. The number of halogens is 1. The number of hydrazone groups is 1. The second-order valence-corrected chi connectivity index (χ2v) is 7.84. The smallest absolute Gasteiger partial charge is 0.240 e. The van der Waals surface area contributed by atoms with Gasteiger partial charge in [-0.3, -0.25) is 9.59 Å². The van der Waals surface area contributed by atoms with Crippen molar-refractivity contribution in [2.24, 2.45) is 5.10 Å². The van der Waals surface area contributed by atoms with Gasteiger partial charge in [-0.2, -0.15) is 5.10 Å². The van der Waals surface area contributed by atoms with Crippen molar-refractivity contribution in [3.63, 3.8) is 0 Å². The van der Waals surface area contributed by atoms with E-state index >= 15 is 0 Å². The summed E-state index contributed by atoms with van der Waals surface area (Å²) in [5, 5.41) is 6.72. The van der Waals surface area contributed by atoms with E-state index in [4.69, 9.17) is 14.2 Å². The third-order valence-corrected chi connectivity index (χ3v) is 4.93. The van der Waals surface area contributed by atoms with Gasteiger partial charge in [-0.15, -0.1) is 0 Å². The highest BCUT2D eigenvalue weighted by Crippen LogP contribution is 2.33. The molecule has 0 heterocycles. The largest absolute Gasteiger partial charge is 0.494 e. The van der Waals surface area contributed by atoms with Crippen molar-refractivity contribution in [3.8, 4) is 17.2 Å². The van der Waals surface area contributed by atoms with Crippen LogP contribution in [0, 0.1) is 3.57 Å². The third-order valence-electron chi connectivity index (χ3n) is 4.13. The fourth-order valence-electron chi connectivity index (χ4n) is 2.64. The second-order valence-electron chi connectivity index (χ2n) is 6.68. The Kier molecular flexibility index (Phi) is 10.8. The molecule has 0 aromatic heterocycles. The van der Waals surface area contributed by atoms with E-state index in [0.717, 1.165) is 21.3 Å². The number of nitrogens with one attached hydrogen (secondary N) is 2. The molecule has 0 saturated carbocycles. The lowest BCUT2D eigenvalue weighted by atomic mass is 10.2. The number of amides is 2. The molecule has 0 atom stereocenters. The van der Waals surface area contributed by atoms with E-state index in [1.807, 2.05) is 19.9 Å². The summed E-state index contributed by atoms with van der Waals surface area (Å²) >= 11 is 2.17. The average molecular weight is 553 g/mol. The molecule has 0 unspecified atom stereocenters. The molecule has 2 rings (SSSR count). The number of rotatable bonds is 12. The van der Waals surface area contributed by atoms with Crippen LogP contribution in [-0.2, 0) is 9.59 Å². The Balaban J connectivity index is 1.82. The quantitative estimate of drug-likeness (QED) is 0.231. The summed E-state index contributed by atoms with van der Waals surface area (Å²) in [7, 11) is 1.57. The van der Waals surface area contributed by atoms with E-state index < -0.39 is 0 Å². The number of anilines is 1. The van der Waals surface area contributed by atoms with Gasteiger partial charge in [0.05, 0.1) is 30.1 Å². The molecule has 0 radical (unpaired) electrons. The molecule has 2 N–H and O–H groups in total. The fraction of sp³-hybridized carbons (Fsp3) is 0.348. The molecule has 0 aliphatic heterocycles. The van der Waals surface area contributed by atoms with Crippen LogP contribution in [0.4, 0.5) is 5.69 Å². The fourth-order valence-corrected chi connectivity index (χ4v) is 3.43. The zero-order valence-corrected chi connectivity index (χ0v) is 20.6. The maximum atomic E-state index is 12.1. The van der Waals surface area contributed by atoms with Crippen LogP contribution in [0.5, 0.6) is 17.2 Å². The molecule has 9 heteroatoms. The van der Waals surface area contributed by atoms with E-state index in [-0.39, 0.29) is 24.7 Å². The van der Waals surface area contributed by atoms with Gasteiger partial charge in [0.2, 0.25) is 11.8 Å². The maximum absolute atomic E-state index is 12.1. The van der Waals surface area contributed by atoms with Crippen molar-refractivity contribution in [2.45, 2.75) is 33.1 Å². The van der Waals surface area contributed by atoms with Crippen LogP contribution < -0.4 is 25.0 Å². The Morgan fingerprint density at radius 1 is 1.06 bits per heavy atom. The number of hydrogen-bond donors (Lipinski definition) is 2. The molecular formula is C23H28IN3O5. The van der Waals surface area contributed by atoms with Crippen molar-refractivity contribution < 1.29 is 23.8 Å². The Labute approximate surface area is 201 Å². The van der Waals surface area contributed by atoms with Gasteiger partial charge >= 0.3 is 0 Å². The number of carbonyl (C=O) groups is 2. The van der Waals surface area contributed by atoms with Gasteiger partial charge in [0.1, 0.15) is 5.75 Å². The Hall–Kier alpha value is -2.82. The first-order chi connectivity index (χ1) is 15.5. The topological polar surface area (TPSA) is 98.2 Å². The molecule has 0 aliphatic carbocycles. The van der Waals surface area contributed by atoms with E-state index in [1.165, 1.54) is 6.21 Å². The minimum Gasteiger partial charge on any atom is -0.494 e. The number of methoxy groups -OCH3 is 1. The number of carbonyl (C=O) groups excluding carboxylic acids is 2.